The summed E-state index contributed by atoms with van der Waals surface area (Å²) in [6, 6.07) is 6.25. The Kier molecular flexibility index (Phi) is 6.24. The highest BCUT2D eigenvalue weighted by Crippen LogP contribution is 2.31. The molecule has 1 atom stereocenters. The van der Waals surface area contributed by atoms with Gasteiger partial charge in [0.2, 0.25) is 5.91 Å². The van der Waals surface area contributed by atoms with Crippen LogP contribution in [0.3, 0.4) is 0 Å². The van der Waals surface area contributed by atoms with Crippen LogP contribution in [-0.4, -0.2) is 17.7 Å². The van der Waals surface area contributed by atoms with Gasteiger partial charge in [-0.3, -0.25) is 4.79 Å². The maximum absolute atomic E-state index is 12.4. The van der Waals surface area contributed by atoms with Crippen molar-refractivity contribution >= 4 is 23.4 Å². The average Bonchev–Trinajstić information content (AvgIpc) is 2.30. The molecule has 0 aliphatic heterocycles. The maximum atomic E-state index is 12.4. The van der Waals surface area contributed by atoms with E-state index in [9.17, 15) is 13.6 Å². The summed E-state index contributed by atoms with van der Waals surface area (Å²) in [5.74, 6) is -2.59. The number of carbonyl (C=O) groups excluding carboxylic acids is 1. The van der Waals surface area contributed by atoms with E-state index >= 15 is 0 Å². The molecule has 1 amide bonds. The number of thioether (sulfide) groups is 1. The second kappa shape index (κ2) is 7.45. The van der Waals surface area contributed by atoms with Crippen LogP contribution in [0.25, 0.3) is 0 Å². The van der Waals surface area contributed by atoms with Crippen LogP contribution >= 0.6 is 11.8 Å². The van der Waals surface area contributed by atoms with Gasteiger partial charge in [0, 0.05) is 17.4 Å². The predicted molar refractivity (Wildman–Crippen MR) is 74.4 cm³/mol. The summed E-state index contributed by atoms with van der Waals surface area (Å²) >= 11 is 0.413. The molecule has 1 unspecified atom stereocenters. The minimum atomic E-state index is -2.52. The van der Waals surface area contributed by atoms with E-state index in [-0.39, 0.29) is 24.3 Å². The lowest BCUT2D eigenvalue weighted by atomic mass is 10.0. The van der Waals surface area contributed by atoms with Gasteiger partial charge in [0.05, 0.1) is 5.69 Å². The van der Waals surface area contributed by atoms with E-state index in [0.717, 1.165) is 0 Å². The van der Waals surface area contributed by atoms with Gasteiger partial charge < -0.3 is 11.1 Å². The van der Waals surface area contributed by atoms with Gasteiger partial charge in [-0.1, -0.05) is 37.7 Å². The molecule has 0 spiro atoms. The molecule has 6 heteroatoms. The van der Waals surface area contributed by atoms with Crippen LogP contribution in [0, 0.1) is 5.92 Å². The molecule has 1 aromatic rings. The molecule has 0 aliphatic carbocycles. The molecular formula is C13H18F2N2OS. The summed E-state index contributed by atoms with van der Waals surface area (Å²) < 4.78 is 24.8. The molecule has 0 fully saturated rings. The van der Waals surface area contributed by atoms with E-state index in [1.165, 1.54) is 0 Å². The SMILES string of the molecule is CC(C)C(N)CC(=O)Nc1ccccc1SC(F)F. The molecule has 0 bridgehead atoms. The predicted octanol–water partition coefficient (Wildman–Crippen LogP) is 3.31. The number of hydrogen-bond acceptors (Lipinski definition) is 3. The number of amides is 1. The highest BCUT2D eigenvalue weighted by molar-refractivity contribution is 7.99. The van der Waals surface area contributed by atoms with Crippen molar-refractivity contribution in [2.75, 3.05) is 5.32 Å². The lowest BCUT2D eigenvalue weighted by Gasteiger charge is -2.16. The Morgan fingerprint density at radius 1 is 1.37 bits per heavy atom. The van der Waals surface area contributed by atoms with Gasteiger partial charge in [-0.05, 0) is 18.1 Å². The standard InChI is InChI=1S/C13H18F2N2OS/c1-8(2)9(16)7-12(18)17-10-5-3-4-6-11(10)19-13(14)15/h3-6,8-9,13H,7,16H2,1-2H3,(H,17,18). The van der Waals surface area contributed by atoms with Crippen molar-refractivity contribution in [1.29, 1.82) is 0 Å². The Morgan fingerprint density at radius 2 is 2.00 bits per heavy atom. The molecule has 19 heavy (non-hydrogen) atoms. The molecule has 3 nitrogen and oxygen atoms in total. The van der Waals surface area contributed by atoms with Gasteiger partial charge in [0.1, 0.15) is 0 Å². The summed E-state index contributed by atoms with van der Waals surface area (Å²) in [6.07, 6.45) is 0.172. The fourth-order valence-electron chi connectivity index (χ4n) is 1.42. The monoisotopic (exact) mass is 288 g/mol. The normalized spacial score (nSPS) is 12.8. The van der Waals surface area contributed by atoms with Crippen LogP contribution in [0.15, 0.2) is 29.2 Å². The number of benzene rings is 1. The fourth-order valence-corrected chi connectivity index (χ4v) is 2.01. The summed E-state index contributed by atoms with van der Waals surface area (Å²) in [5.41, 5.74) is 6.20. The Labute approximate surface area is 115 Å². The Bertz CT molecular complexity index is 427. The second-order valence-corrected chi connectivity index (χ2v) is 5.57. The third kappa shape index (κ3) is 5.57. The van der Waals surface area contributed by atoms with E-state index in [2.05, 4.69) is 5.32 Å². The molecule has 1 rings (SSSR count). The number of rotatable bonds is 6. The van der Waals surface area contributed by atoms with E-state index in [0.29, 0.717) is 22.3 Å². The number of nitrogens with two attached hydrogens (primary N) is 1. The summed E-state index contributed by atoms with van der Waals surface area (Å²) in [4.78, 5) is 12.1. The summed E-state index contributed by atoms with van der Waals surface area (Å²) in [5, 5.41) is 2.63. The van der Waals surface area contributed by atoms with Crippen molar-refractivity contribution < 1.29 is 13.6 Å². The molecular weight excluding hydrogens is 270 g/mol. The van der Waals surface area contributed by atoms with Crippen LogP contribution in [0.1, 0.15) is 20.3 Å². The smallest absolute Gasteiger partial charge is 0.288 e. The third-order valence-corrected chi connectivity index (χ3v) is 3.44. The summed E-state index contributed by atoms with van der Waals surface area (Å²) in [7, 11) is 0. The van der Waals surface area contributed by atoms with E-state index < -0.39 is 5.76 Å². The molecule has 0 saturated carbocycles. The number of alkyl halides is 2. The third-order valence-electron chi connectivity index (χ3n) is 2.65. The molecule has 0 heterocycles. The molecule has 0 radical (unpaired) electrons. The number of anilines is 1. The Balaban J connectivity index is 2.68. The van der Waals surface area contributed by atoms with E-state index in [4.69, 9.17) is 5.73 Å². The quantitative estimate of drug-likeness (QED) is 0.790. The zero-order valence-corrected chi connectivity index (χ0v) is 11.7. The van der Waals surface area contributed by atoms with Gasteiger partial charge in [0.15, 0.2) is 0 Å². The van der Waals surface area contributed by atoms with Crippen molar-refractivity contribution in [1.82, 2.24) is 0 Å². The highest BCUT2D eigenvalue weighted by Gasteiger charge is 2.15. The van der Waals surface area contributed by atoms with Gasteiger partial charge in [-0.25, -0.2) is 0 Å². The molecule has 106 valence electrons. The Morgan fingerprint density at radius 3 is 2.58 bits per heavy atom. The van der Waals surface area contributed by atoms with Crippen molar-refractivity contribution in [3.63, 3.8) is 0 Å². The first kappa shape index (κ1) is 15.9. The molecule has 1 aromatic carbocycles. The van der Waals surface area contributed by atoms with Gasteiger partial charge in [0.25, 0.3) is 5.76 Å². The van der Waals surface area contributed by atoms with E-state index in [1.807, 2.05) is 13.8 Å². The zero-order valence-electron chi connectivity index (χ0n) is 10.9. The van der Waals surface area contributed by atoms with Crippen LogP contribution in [-0.2, 0) is 4.79 Å². The topological polar surface area (TPSA) is 55.1 Å². The van der Waals surface area contributed by atoms with Crippen LogP contribution in [0.5, 0.6) is 0 Å². The van der Waals surface area contributed by atoms with Crippen molar-refractivity contribution in [2.45, 2.75) is 37.0 Å². The number of hydrogen-bond donors (Lipinski definition) is 2. The van der Waals surface area contributed by atoms with Gasteiger partial charge in [-0.15, -0.1) is 0 Å². The van der Waals surface area contributed by atoms with Crippen LogP contribution in [0.4, 0.5) is 14.5 Å². The van der Waals surface area contributed by atoms with Crippen molar-refractivity contribution in [2.24, 2.45) is 11.7 Å². The number of halogens is 2. The summed E-state index contributed by atoms with van der Waals surface area (Å²) in [6.45, 7) is 3.86. The van der Waals surface area contributed by atoms with Crippen molar-refractivity contribution in [3.8, 4) is 0 Å². The lowest BCUT2D eigenvalue weighted by molar-refractivity contribution is -0.116. The lowest BCUT2D eigenvalue weighted by Crippen LogP contribution is -2.31. The first-order chi connectivity index (χ1) is 8.90. The van der Waals surface area contributed by atoms with E-state index in [1.54, 1.807) is 24.3 Å². The first-order valence-electron chi connectivity index (χ1n) is 5.99. The largest absolute Gasteiger partial charge is 0.327 e. The maximum Gasteiger partial charge on any atom is 0.288 e. The van der Waals surface area contributed by atoms with Gasteiger partial charge >= 0.3 is 0 Å². The fraction of sp³-hybridized carbons (Fsp3) is 0.462. The Hall–Kier alpha value is -1.14. The minimum Gasteiger partial charge on any atom is -0.327 e. The molecule has 0 aromatic heterocycles. The van der Waals surface area contributed by atoms with Gasteiger partial charge in [-0.2, -0.15) is 8.78 Å². The molecule has 0 aliphatic rings. The number of carbonyl (C=O) groups is 1. The van der Waals surface area contributed by atoms with Crippen LogP contribution < -0.4 is 11.1 Å². The molecule has 0 saturated heterocycles. The minimum absolute atomic E-state index is 0.172. The highest BCUT2D eigenvalue weighted by atomic mass is 32.2. The first-order valence-corrected chi connectivity index (χ1v) is 6.87. The second-order valence-electron chi connectivity index (χ2n) is 4.53. The van der Waals surface area contributed by atoms with Crippen LogP contribution in [0.2, 0.25) is 0 Å². The zero-order chi connectivity index (χ0) is 14.4. The number of para-hydroxylation sites is 1. The molecule has 3 N–H and O–H groups in total. The number of nitrogens with one attached hydrogen (secondary N) is 1. The van der Waals surface area contributed by atoms with Crippen molar-refractivity contribution in [3.05, 3.63) is 24.3 Å². The average molecular weight is 288 g/mol.